The number of rotatable bonds is 4. The van der Waals surface area contributed by atoms with Crippen LogP contribution in [-0.4, -0.2) is 12.6 Å². The van der Waals surface area contributed by atoms with Gasteiger partial charge in [0.1, 0.15) is 5.69 Å². The lowest BCUT2D eigenvalue weighted by atomic mass is 10.2. The Morgan fingerprint density at radius 1 is 1.29 bits per heavy atom. The Hall–Kier alpha value is -1.38. The van der Waals surface area contributed by atoms with E-state index in [1.165, 1.54) is 0 Å². The molecule has 0 fully saturated rings. The molecule has 0 heterocycles. The van der Waals surface area contributed by atoms with Gasteiger partial charge in [-0.25, -0.2) is 0 Å². The van der Waals surface area contributed by atoms with Crippen LogP contribution in [0.1, 0.15) is 20.8 Å². The Kier molecular flexibility index (Phi) is 3.63. The van der Waals surface area contributed by atoms with Crippen LogP contribution in [0, 0.1) is 4.91 Å². The van der Waals surface area contributed by atoms with Gasteiger partial charge in [0.15, 0.2) is 0 Å². The van der Waals surface area contributed by atoms with E-state index in [9.17, 15) is 4.91 Å². The van der Waals surface area contributed by atoms with Crippen molar-refractivity contribution in [2.24, 2.45) is 5.18 Å². The second kappa shape index (κ2) is 4.74. The van der Waals surface area contributed by atoms with Gasteiger partial charge in [-0.2, -0.15) is 0 Å². The molecule has 0 aromatic heterocycles. The molecule has 0 spiro atoms. The number of nitrogens with zero attached hydrogens (tertiary/aromatic N) is 2. The summed E-state index contributed by atoms with van der Waals surface area (Å²) in [6, 6.07) is 7.82. The van der Waals surface area contributed by atoms with E-state index in [0.717, 1.165) is 12.2 Å². The Bertz CT molecular complexity index is 293. The molecule has 0 saturated carbocycles. The molecule has 0 aliphatic heterocycles. The van der Waals surface area contributed by atoms with Gasteiger partial charge < -0.3 is 4.90 Å². The minimum absolute atomic E-state index is 0.468. The summed E-state index contributed by atoms with van der Waals surface area (Å²) in [6.45, 7) is 7.38. The zero-order valence-electron chi connectivity index (χ0n) is 8.90. The molecule has 3 nitrogen and oxygen atoms in total. The van der Waals surface area contributed by atoms with Gasteiger partial charge >= 0.3 is 0 Å². The first-order valence-corrected chi connectivity index (χ1v) is 4.89. The lowest BCUT2D eigenvalue weighted by Gasteiger charge is -2.27. The highest BCUT2D eigenvalue weighted by Gasteiger charge is 2.07. The standard InChI is InChI=1S/C11H16N2O/c1-4-13(9(2)3)11-7-5-10(12-14)6-8-11/h5-9H,4H2,1-3H3. The summed E-state index contributed by atoms with van der Waals surface area (Å²) < 4.78 is 0. The summed E-state index contributed by atoms with van der Waals surface area (Å²) in [6.07, 6.45) is 0. The summed E-state index contributed by atoms with van der Waals surface area (Å²) >= 11 is 0. The van der Waals surface area contributed by atoms with Crippen molar-refractivity contribution in [1.82, 2.24) is 0 Å². The van der Waals surface area contributed by atoms with Crippen molar-refractivity contribution in [3.8, 4) is 0 Å². The molecule has 0 radical (unpaired) electrons. The first-order chi connectivity index (χ1) is 6.69. The molecule has 76 valence electrons. The first kappa shape index (κ1) is 10.7. The van der Waals surface area contributed by atoms with Crippen molar-refractivity contribution in [2.75, 3.05) is 11.4 Å². The molecule has 0 aliphatic carbocycles. The van der Waals surface area contributed by atoms with E-state index in [0.29, 0.717) is 11.7 Å². The van der Waals surface area contributed by atoms with E-state index in [1.807, 2.05) is 12.1 Å². The maximum atomic E-state index is 10.2. The molecule has 0 unspecified atom stereocenters. The lowest BCUT2D eigenvalue weighted by Crippen LogP contribution is -2.30. The molecule has 1 aromatic rings. The molecule has 3 heteroatoms. The summed E-state index contributed by atoms with van der Waals surface area (Å²) in [4.78, 5) is 12.5. The van der Waals surface area contributed by atoms with Crippen LogP contribution >= 0.6 is 0 Å². The molecular weight excluding hydrogens is 176 g/mol. The van der Waals surface area contributed by atoms with Crippen LogP contribution in [0.3, 0.4) is 0 Å². The van der Waals surface area contributed by atoms with E-state index in [-0.39, 0.29) is 0 Å². The van der Waals surface area contributed by atoms with Gasteiger partial charge in [-0.15, -0.1) is 4.91 Å². The van der Waals surface area contributed by atoms with Gasteiger partial charge in [-0.3, -0.25) is 0 Å². The van der Waals surface area contributed by atoms with E-state index >= 15 is 0 Å². The minimum atomic E-state index is 0.468. The summed E-state index contributed by atoms with van der Waals surface area (Å²) in [7, 11) is 0. The Labute approximate surface area is 84.7 Å². The fourth-order valence-corrected chi connectivity index (χ4v) is 1.55. The SMILES string of the molecule is CCN(c1ccc(N=O)cc1)C(C)C. The summed E-state index contributed by atoms with van der Waals surface area (Å²) in [5.41, 5.74) is 1.61. The maximum absolute atomic E-state index is 10.2. The predicted octanol–water partition coefficient (Wildman–Crippen LogP) is 3.32. The molecule has 0 saturated heterocycles. The van der Waals surface area contributed by atoms with E-state index in [1.54, 1.807) is 12.1 Å². The average molecular weight is 192 g/mol. The predicted molar refractivity (Wildman–Crippen MR) is 60.1 cm³/mol. The number of anilines is 1. The molecule has 14 heavy (non-hydrogen) atoms. The van der Waals surface area contributed by atoms with Gasteiger partial charge in [-0.05, 0) is 50.2 Å². The third-order valence-electron chi connectivity index (χ3n) is 2.25. The van der Waals surface area contributed by atoms with Gasteiger partial charge in [0.2, 0.25) is 0 Å². The van der Waals surface area contributed by atoms with Gasteiger partial charge in [-0.1, -0.05) is 0 Å². The molecule has 0 N–H and O–H groups in total. The highest BCUT2D eigenvalue weighted by Crippen LogP contribution is 2.20. The molecular formula is C11H16N2O. The average Bonchev–Trinajstić information content (AvgIpc) is 2.19. The third kappa shape index (κ3) is 2.31. The molecule has 1 aromatic carbocycles. The van der Waals surface area contributed by atoms with Crippen LogP contribution < -0.4 is 4.90 Å². The van der Waals surface area contributed by atoms with E-state index in [2.05, 4.69) is 30.8 Å². The number of nitroso groups, excluding NO2 is 1. The minimum Gasteiger partial charge on any atom is -0.369 e. The highest BCUT2D eigenvalue weighted by atomic mass is 16.3. The second-order valence-corrected chi connectivity index (χ2v) is 3.49. The quantitative estimate of drug-likeness (QED) is 0.685. The van der Waals surface area contributed by atoms with Crippen molar-refractivity contribution in [3.63, 3.8) is 0 Å². The van der Waals surface area contributed by atoms with Crippen molar-refractivity contribution >= 4 is 11.4 Å². The number of hydrogen-bond acceptors (Lipinski definition) is 3. The van der Waals surface area contributed by atoms with Gasteiger partial charge in [0.05, 0.1) is 0 Å². The fraction of sp³-hybridized carbons (Fsp3) is 0.455. The van der Waals surface area contributed by atoms with E-state index in [4.69, 9.17) is 0 Å². The summed E-state index contributed by atoms with van der Waals surface area (Å²) in [5.74, 6) is 0. The highest BCUT2D eigenvalue weighted by molar-refractivity contribution is 5.53. The molecule has 0 bridgehead atoms. The number of hydrogen-bond donors (Lipinski definition) is 0. The van der Waals surface area contributed by atoms with Crippen LogP contribution in [0.25, 0.3) is 0 Å². The largest absolute Gasteiger partial charge is 0.369 e. The van der Waals surface area contributed by atoms with Gasteiger partial charge in [0, 0.05) is 18.3 Å². The summed E-state index contributed by atoms with van der Waals surface area (Å²) in [5, 5.41) is 2.87. The van der Waals surface area contributed by atoms with Crippen LogP contribution in [0.5, 0.6) is 0 Å². The van der Waals surface area contributed by atoms with Crippen LogP contribution in [0.2, 0.25) is 0 Å². The fourth-order valence-electron chi connectivity index (χ4n) is 1.55. The lowest BCUT2D eigenvalue weighted by molar-refractivity contribution is 0.704. The Morgan fingerprint density at radius 2 is 1.86 bits per heavy atom. The molecule has 0 atom stereocenters. The smallest absolute Gasteiger partial charge is 0.108 e. The van der Waals surface area contributed by atoms with Crippen molar-refractivity contribution in [2.45, 2.75) is 26.8 Å². The molecule has 1 rings (SSSR count). The Morgan fingerprint density at radius 3 is 2.21 bits per heavy atom. The normalized spacial score (nSPS) is 10.3. The Balaban J connectivity index is 2.89. The maximum Gasteiger partial charge on any atom is 0.108 e. The van der Waals surface area contributed by atoms with Gasteiger partial charge in [0.25, 0.3) is 0 Å². The van der Waals surface area contributed by atoms with E-state index < -0.39 is 0 Å². The van der Waals surface area contributed by atoms with Crippen LogP contribution in [-0.2, 0) is 0 Å². The zero-order valence-corrected chi connectivity index (χ0v) is 8.90. The molecule has 0 amide bonds. The first-order valence-electron chi connectivity index (χ1n) is 4.89. The van der Waals surface area contributed by atoms with Crippen LogP contribution in [0.15, 0.2) is 29.4 Å². The van der Waals surface area contributed by atoms with Crippen LogP contribution in [0.4, 0.5) is 11.4 Å². The monoisotopic (exact) mass is 192 g/mol. The van der Waals surface area contributed by atoms with Crippen molar-refractivity contribution < 1.29 is 0 Å². The van der Waals surface area contributed by atoms with Crippen molar-refractivity contribution in [1.29, 1.82) is 0 Å². The third-order valence-corrected chi connectivity index (χ3v) is 2.25. The topological polar surface area (TPSA) is 32.7 Å². The number of benzene rings is 1. The second-order valence-electron chi connectivity index (χ2n) is 3.49. The zero-order chi connectivity index (χ0) is 10.6. The molecule has 0 aliphatic rings. The van der Waals surface area contributed by atoms with Crippen molar-refractivity contribution in [3.05, 3.63) is 29.2 Å².